The number of phosphoric ester groups is 1. The highest BCUT2D eigenvalue weighted by atomic mass is 79.9. The van der Waals surface area contributed by atoms with Crippen LogP contribution in [0.1, 0.15) is 50.8 Å². The molecule has 4 atom stereocenters. The number of rotatable bonds is 11. The minimum atomic E-state index is -4.98. The van der Waals surface area contributed by atoms with Crippen molar-refractivity contribution >= 4 is 53.1 Å². The number of carbonyl (C=O) groups is 1. The Kier molecular flexibility index (Phi) is 10.3. The summed E-state index contributed by atoms with van der Waals surface area (Å²) < 4.78 is 29.8. The van der Waals surface area contributed by atoms with Crippen molar-refractivity contribution in [3.05, 3.63) is 66.9 Å². The van der Waals surface area contributed by atoms with Crippen LogP contribution in [0.25, 0.3) is 6.08 Å². The van der Waals surface area contributed by atoms with Crippen LogP contribution >= 0.6 is 35.4 Å². The van der Waals surface area contributed by atoms with Crippen molar-refractivity contribution in [2.75, 3.05) is 18.3 Å². The first-order valence-corrected chi connectivity index (χ1v) is 15.6. The fourth-order valence-electron chi connectivity index (χ4n) is 4.92. The van der Waals surface area contributed by atoms with Gasteiger partial charge in [0.1, 0.15) is 12.3 Å². The molecule has 2 aliphatic rings. The summed E-state index contributed by atoms with van der Waals surface area (Å²) in [6.07, 6.45) is 1.23. The zero-order valence-corrected chi connectivity index (χ0v) is 25.2. The Morgan fingerprint density at radius 2 is 2.00 bits per heavy atom. The molecule has 0 spiro atoms. The fourth-order valence-corrected chi connectivity index (χ4v) is 6.10. The molecule has 4 rings (SSSR count). The molecule has 1 aliphatic heterocycles. The largest absolute Gasteiger partial charge is 0.529 e. The van der Waals surface area contributed by atoms with Crippen molar-refractivity contribution in [2.45, 2.75) is 63.0 Å². The lowest BCUT2D eigenvalue weighted by Crippen LogP contribution is -2.53. The Balaban J connectivity index is 1.45. The van der Waals surface area contributed by atoms with Crippen molar-refractivity contribution in [3.63, 3.8) is 0 Å². The first kappa shape index (κ1) is 31.6. The Labute approximate surface area is 248 Å². The summed E-state index contributed by atoms with van der Waals surface area (Å²) in [5.41, 5.74) is -2.07. The molecule has 41 heavy (non-hydrogen) atoms. The van der Waals surface area contributed by atoms with Gasteiger partial charge in [-0.05, 0) is 55.1 Å². The van der Waals surface area contributed by atoms with Gasteiger partial charge in [-0.2, -0.15) is 0 Å². The van der Waals surface area contributed by atoms with E-state index >= 15 is 0 Å². The van der Waals surface area contributed by atoms with Crippen molar-refractivity contribution in [1.29, 1.82) is 0 Å². The van der Waals surface area contributed by atoms with Crippen LogP contribution in [0, 0.1) is 0 Å². The number of hydroxylamine groups is 1. The predicted molar refractivity (Wildman–Crippen MR) is 152 cm³/mol. The second-order valence-electron chi connectivity index (χ2n) is 9.55. The number of aliphatic hydroxyl groups is 1. The van der Waals surface area contributed by atoms with E-state index in [1.54, 1.807) is 31.2 Å². The molecule has 1 aliphatic carbocycles. The summed E-state index contributed by atoms with van der Waals surface area (Å²) in [7, 11) is -4.98. The van der Waals surface area contributed by atoms with Gasteiger partial charge in [0.2, 0.25) is 0 Å². The number of benzene rings is 1. The van der Waals surface area contributed by atoms with Crippen molar-refractivity contribution in [1.82, 2.24) is 9.55 Å². The van der Waals surface area contributed by atoms with Gasteiger partial charge in [-0.3, -0.25) is 28.6 Å². The number of halogens is 2. The molecule has 3 N–H and O–H groups in total. The number of hydrogen-bond donors (Lipinski definition) is 3. The number of nitrogens with zero attached hydrogens (tertiary/aromatic N) is 2. The lowest BCUT2D eigenvalue weighted by Gasteiger charge is -2.39. The molecule has 1 aromatic heterocycles. The lowest BCUT2D eigenvalue weighted by atomic mass is 9.96. The quantitative estimate of drug-likeness (QED) is 0.234. The molecule has 16 heteroatoms. The molecule has 0 amide bonds. The van der Waals surface area contributed by atoms with Gasteiger partial charge in [0.15, 0.2) is 5.54 Å². The molecule has 2 aromatic rings. The highest BCUT2D eigenvalue weighted by molar-refractivity contribution is 9.11. The van der Waals surface area contributed by atoms with Crippen LogP contribution in [0.3, 0.4) is 0 Å². The van der Waals surface area contributed by atoms with Crippen LogP contribution in [0.15, 0.2) is 45.0 Å². The first-order valence-electron chi connectivity index (χ1n) is 12.9. The number of aromatic amines is 1. The van der Waals surface area contributed by atoms with E-state index in [0.717, 1.165) is 4.57 Å². The van der Waals surface area contributed by atoms with E-state index < -0.39 is 55.6 Å². The second kappa shape index (κ2) is 13.3. The number of anilines is 1. The van der Waals surface area contributed by atoms with Gasteiger partial charge in [0.05, 0.1) is 30.6 Å². The van der Waals surface area contributed by atoms with Crippen LogP contribution in [-0.4, -0.2) is 56.5 Å². The standard InChI is InChI=1S/C25H30BrClN3O10P/c1-2-37-30(18-7-5-17(27)6-8-18)25(10-3-4-11-25)23(33)40-41(35,36)38-15-20-19(31)13-21(39-20)29-14-16(9-12-26)22(32)28-24(29)34/h5-9,12,14,19-21,31H,2-4,10-11,13,15H2,1H3,(H,35,36)(H,28,32,34)/b12-9+/t19-,20+,21+/m0/s1. The van der Waals surface area contributed by atoms with Gasteiger partial charge in [-0.1, -0.05) is 40.4 Å². The number of hydrogen-bond acceptors (Lipinski definition) is 10. The third-order valence-electron chi connectivity index (χ3n) is 6.87. The van der Waals surface area contributed by atoms with E-state index in [2.05, 4.69) is 20.9 Å². The average Bonchev–Trinajstić information content (AvgIpc) is 3.56. The van der Waals surface area contributed by atoms with Gasteiger partial charge < -0.3 is 14.4 Å². The number of ether oxygens (including phenoxy) is 1. The molecule has 2 heterocycles. The van der Waals surface area contributed by atoms with Crippen molar-refractivity contribution in [2.24, 2.45) is 0 Å². The highest BCUT2D eigenvalue weighted by Crippen LogP contribution is 2.49. The van der Waals surface area contributed by atoms with E-state index in [1.807, 2.05) is 0 Å². The number of nitrogens with one attached hydrogen (secondary N) is 1. The highest BCUT2D eigenvalue weighted by Gasteiger charge is 2.52. The molecule has 13 nitrogen and oxygen atoms in total. The van der Waals surface area contributed by atoms with Crippen molar-refractivity contribution < 1.29 is 38.0 Å². The number of aromatic nitrogens is 2. The zero-order valence-electron chi connectivity index (χ0n) is 22.0. The maximum atomic E-state index is 13.4. The van der Waals surface area contributed by atoms with Crippen LogP contribution in [0.4, 0.5) is 5.69 Å². The Morgan fingerprint density at radius 3 is 2.63 bits per heavy atom. The fraction of sp³-hybridized carbons (Fsp3) is 0.480. The summed E-state index contributed by atoms with van der Waals surface area (Å²) in [4.78, 5) is 57.6. The van der Waals surface area contributed by atoms with Crippen molar-refractivity contribution in [3.8, 4) is 0 Å². The minimum absolute atomic E-state index is 0.0690. The van der Waals surface area contributed by atoms with Crippen LogP contribution in [-0.2, 0) is 28.0 Å². The van der Waals surface area contributed by atoms with E-state index in [-0.39, 0.29) is 18.6 Å². The van der Waals surface area contributed by atoms with Crippen LogP contribution in [0.2, 0.25) is 5.02 Å². The summed E-state index contributed by atoms with van der Waals surface area (Å²) in [5.74, 6) is -0.998. The first-order chi connectivity index (χ1) is 19.5. The summed E-state index contributed by atoms with van der Waals surface area (Å²) in [6.45, 7) is 1.34. The zero-order chi connectivity index (χ0) is 29.8. The molecule has 1 aromatic carbocycles. The van der Waals surface area contributed by atoms with Gasteiger partial charge in [-0.25, -0.2) is 19.2 Å². The third kappa shape index (κ3) is 7.20. The predicted octanol–water partition coefficient (Wildman–Crippen LogP) is 3.64. The maximum Gasteiger partial charge on any atom is 0.529 e. The molecule has 1 unspecified atom stereocenters. The van der Waals surface area contributed by atoms with Crippen LogP contribution < -0.4 is 16.3 Å². The molecule has 0 radical (unpaired) electrons. The van der Waals surface area contributed by atoms with E-state index in [0.29, 0.717) is 36.4 Å². The van der Waals surface area contributed by atoms with Gasteiger partial charge >= 0.3 is 19.5 Å². The topological polar surface area (TPSA) is 170 Å². The molecular formula is C25H30BrClN3O10P. The SMILES string of the molecule is CCON(c1ccc(Cl)cc1)C1(C(=O)OP(=O)(O)OC[C@H]2O[C@@H](n3cc(/C=C/Br)c(=O)[nH]c3=O)C[C@@H]2O)CCCC1. The van der Waals surface area contributed by atoms with Gasteiger partial charge in [0.25, 0.3) is 5.56 Å². The Morgan fingerprint density at radius 1 is 1.32 bits per heavy atom. The number of aliphatic hydroxyl groups excluding tert-OH is 1. The number of H-pyrrole nitrogens is 1. The molecular weight excluding hydrogens is 649 g/mol. The van der Waals surface area contributed by atoms with E-state index in [1.165, 1.54) is 22.3 Å². The van der Waals surface area contributed by atoms with E-state index in [9.17, 15) is 28.9 Å². The second-order valence-corrected chi connectivity index (χ2v) is 11.9. The summed E-state index contributed by atoms with van der Waals surface area (Å²) >= 11 is 9.08. The lowest BCUT2D eigenvalue weighted by molar-refractivity contribution is -0.146. The number of carbonyl (C=O) groups excluding carboxylic acids is 1. The Hall–Kier alpha value is -2.29. The summed E-state index contributed by atoms with van der Waals surface area (Å²) in [6, 6.07) is 6.61. The molecule has 1 saturated heterocycles. The molecule has 0 bridgehead atoms. The smallest absolute Gasteiger partial charge is 0.390 e. The Bertz CT molecular complexity index is 1430. The van der Waals surface area contributed by atoms with Crippen LogP contribution in [0.5, 0.6) is 0 Å². The molecule has 2 fully saturated rings. The van der Waals surface area contributed by atoms with E-state index in [4.69, 9.17) is 30.2 Å². The minimum Gasteiger partial charge on any atom is -0.390 e. The van der Waals surface area contributed by atoms with Gasteiger partial charge in [-0.15, -0.1) is 0 Å². The third-order valence-corrected chi connectivity index (χ3v) is 8.26. The normalized spacial score (nSPS) is 23.5. The monoisotopic (exact) mass is 677 g/mol. The molecule has 224 valence electrons. The molecule has 1 saturated carbocycles. The maximum absolute atomic E-state index is 13.4. The number of phosphoric acid groups is 1. The van der Waals surface area contributed by atoms with Gasteiger partial charge in [0, 0.05) is 17.6 Å². The summed E-state index contributed by atoms with van der Waals surface area (Å²) in [5, 5.41) is 12.4. The average molecular weight is 679 g/mol.